The van der Waals surface area contributed by atoms with Gasteiger partial charge in [-0.15, -0.1) is 23.4 Å². The van der Waals surface area contributed by atoms with Gasteiger partial charge in [0.15, 0.2) is 0 Å². The van der Waals surface area contributed by atoms with Gasteiger partial charge in [-0.3, -0.25) is 0 Å². The van der Waals surface area contributed by atoms with Crippen molar-refractivity contribution in [1.29, 1.82) is 0 Å². The van der Waals surface area contributed by atoms with Crippen LogP contribution in [0.25, 0.3) is 90.9 Å². The van der Waals surface area contributed by atoms with E-state index in [9.17, 15) is 39.6 Å². The normalized spacial score (nSPS) is 11.4. The van der Waals surface area contributed by atoms with Crippen LogP contribution in [0.1, 0.15) is 64.2 Å². The van der Waals surface area contributed by atoms with Gasteiger partial charge in [-0.25, -0.2) is 19.6 Å². The molecular weight excluding hydrogens is 852 g/mol. The van der Waals surface area contributed by atoms with Gasteiger partial charge in [0.25, 0.3) is 0 Å². The Balaban J connectivity index is 0.00000289. The van der Waals surface area contributed by atoms with Crippen LogP contribution in [-0.4, -0.2) is 49.0 Å². The van der Waals surface area contributed by atoms with Gasteiger partial charge in [0.05, 0.1) is 45.8 Å². The summed E-state index contributed by atoms with van der Waals surface area (Å²) in [5.74, 6) is -4.80. The molecule has 3 aromatic heterocycles. The first-order valence-electron chi connectivity index (χ1n) is 18.4. The average molecular weight is 880 g/mol. The molecule has 2 aliphatic rings. The van der Waals surface area contributed by atoms with Crippen LogP contribution in [0, 0.1) is 0 Å². The smallest absolute Gasteiger partial charge is 0.657 e. The molecule has 0 spiro atoms. The number of nitrogens with zero attached hydrogens (tertiary/aromatic N) is 3. The maximum atomic E-state index is 11.8. The molecular formula is C48H28ClFeN4O8. The monoisotopic (exact) mass is 879 g/mol. The zero-order valence-electron chi connectivity index (χ0n) is 31.8. The van der Waals surface area contributed by atoms with E-state index in [0.29, 0.717) is 89.4 Å². The van der Waals surface area contributed by atoms with E-state index in [1.807, 2.05) is 48.6 Å². The van der Waals surface area contributed by atoms with Crippen LogP contribution >= 0.6 is 12.4 Å². The molecule has 14 heteroatoms. The van der Waals surface area contributed by atoms with Crippen LogP contribution in [0.2, 0.25) is 0 Å². The van der Waals surface area contributed by atoms with E-state index in [2.05, 4.69) is 4.98 Å². The van der Waals surface area contributed by atoms with Crippen LogP contribution < -0.4 is 15.2 Å². The number of halogens is 1. The minimum absolute atomic E-state index is 0. The number of benzene rings is 4. The second kappa shape index (κ2) is 17.0. The molecule has 303 valence electrons. The minimum Gasteiger partial charge on any atom is -0.657 e. The Kier molecular flexibility index (Phi) is 11.6. The first kappa shape index (κ1) is 42.3. The summed E-state index contributed by atoms with van der Waals surface area (Å²) in [5, 5.41) is 42.8. The number of carbonyl (C=O) groups is 4. The van der Waals surface area contributed by atoms with Gasteiger partial charge < -0.3 is 40.0 Å². The van der Waals surface area contributed by atoms with Crippen LogP contribution in [0.15, 0.2) is 121 Å². The Morgan fingerprint density at radius 1 is 0.435 bits per heavy atom. The number of carbonyl (C=O) groups excluding carboxylic acids is 2. The standard InChI is InChI=1S/C48H30N4O8.ClH.Fe/c53-45(54)29-9-1-25(2-10-29)41-33-17-19-35(49-33)42(26-3-11-30(12-4-26)46(55)56)37-21-23-39(51-37)44(28-7-15-32(16-8-28)48(59)60)40-24-22-38(52-40)43(36-20-18-34(41)50-36)27-5-13-31(14-6-27)47(57)58;;/h1-24H,(H6,49,50,51,52,53,54,55,56,57,58,59,60);1H;/q;;+3/p-3. The van der Waals surface area contributed by atoms with E-state index in [4.69, 9.17) is 15.0 Å². The number of aromatic amines is 1. The largest absolute Gasteiger partial charge is 3.00 e. The van der Waals surface area contributed by atoms with Crippen molar-refractivity contribution in [2.45, 2.75) is 0 Å². The van der Waals surface area contributed by atoms with Crippen molar-refractivity contribution in [3.05, 3.63) is 166 Å². The number of nitrogens with one attached hydrogen (secondary N) is 1. The average Bonchev–Trinajstić information content (AvgIpc) is 4.10. The molecule has 0 saturated heterocycles. The molecule has 5 heterocycles. The number of aromatic carboxylic acids is 4. The fourth-order valence-corrected chi connectivity index (χ4v) is 7.45. The van der Waals surface area contributed by atoms with E-state index in [0.717, 1.165) is 0 Å². The Labute approximate surface area is 368 Å². The molecule has 9 rings (SSSR count). The summed E-state index contributed by atoms with van der Waals surface area (Å²) in [6.07, 6.45) is 7.32. The third-order valence-electron chi connectivity index (χ3n) is 10.3. The maximum Gasteiger partial charge on any atom is 3.00 e. The van der Waals surface area contributed by atoms with Crippen molar-refractivity contribution in [2.24, 2.45) is 0 Å². The fourth-order valence-electron chi connectivity index (χ4n) is 7.45. The Morgan fingerprint density at radius 3 is 1.18 bits per heavy atom. The molecule has 0 amide bonds. The predicted octanol–water partition coefficient (Wildman–Crippen LogP) is 7.50. The van der Waals surface area contributed by atoms with Gasteiger partial charge in [0.2, 0.25) is 0 Å². The maximum absolute atomic E-state index is 11.8. The van der Waals surface area contributed by atoms with Gasteiger partial charge in [-0.05, 0) is 105 Å². The molecule has 12 nitrogen and oxygen atoms in total. The zero-order valence-corrected chi connectivity index (χ0v) is 33.7. The quantitative estimate of drug-likeness (QED) is 0.127. The van der Waals surface area contributed by atoms with Gasteiger partial charge in [-0.2, -0.15) is 0 Å². The predicted molar refractivity (Wildman–Crippen MR) is 229 cm³/mol. The number of fused-ring (bicyclic) bond motifs is 8. The van der Waals surface area contributed by atoms with Gasteiger partial charge in [0, 0.05) is 22.2 Å². The summed E-state index contributed by atoms with van der Waals surface area (Å²) in [5.41, 5.74) is 9.55. The molecule has 8 bridgehead atoms. The Morgan fingerprint density at radius 2 is 0.758 bits per heavy atom. The van der Waals surface area contributed by atoms with E-state index in [1.165, 1.54) is 48.5 Å². The van der Waals surface area contributed by atoms with Crippen molar-refractivity contribution in [3.63, 3.8) is 0 Å². The third-order valence-corrected chi connectivity index (χ3v) is 10.3. The molecule has 2 aliphatic heterocycles. The summed E-state index contributed by atoms with van der Waals surface area (Å²) < 4.78 is 0. The van der Waals surface area contributed by atoms with Crippen LogP contribution in [0.4, 0.5) is 0 Å². The van der Waals surface area contributed by atoms with E-state index < -0.39 is 23.9 Å². The molecule has 0 fully saturated rings. The Bertz CT molecular complexity index is 3030. The van der Waals surface area contributed by atoms with Crippen LogP contribution in [0.3, 0.4) is 0 Å². The van der Waals surface area contributed by atoms with Crippen molar-refractivity contribution >= 4 is 82.7 Å². The molecule has 0 unspecified atom stereocenters. The number of aromatic nitrogens is 4. The number of hydrogen-bond acceptors (Lipinski definition) is 8. The van der Waals surface area contributed by atoms with Crippen molar-refractivity contribution in [2.75, 3.05) is 0 Å². The van der Waals surface area contributed by atoms with Gasteiger partial charge in [-0.1, -0.05) is 84.9 Å². The first-order chi connectivity index (χ1) is 29.0. The summed E-state index contributed by atoms with van der Waals surface area (Å²) in [4.78, 5) is 66.0. The summed E-state index contributed by atoms with van der Waals surface area (Å²) in [6.45, 7) is 0. The van der Waals surface area contributed by atoms with Crippen LogP contribution in [-0.2, 0) is 17.1 Å². The van der Waals surface area contributed by atoms with Crippen molar-refractivity contribution in [1.82, 2.24) is 19.9 Å². The first-order valence-corrected chi connectivity index (χ1v) is 18.4. The van der Waals surface area contributed by atoms with Crippen LogP contribution in [0.5, 0.6) is 0 Å². The van der Waals surface area contributed by atoms with Gasteiger partial charge in [0.1, 0.15) is 0 Å². The van der Waals surface area contributed by atoms with Gasteiger partial charge >= 0.3 is 29.0 Å². The molecule has 0 aliphatic carbocycles. The second-order valence-corrected chi connectivity index (χ2v) is 13.9. The fraction of sp³-hybridized carbons (Fsp3) is 0. The van der Waals surface area contributed by atoms with E-state index in [-0.39, 0.29) is 51.7 Å². The number of carboxylic acids is 4. The third kappa shape index (κ3) is 7.82. The number of carboxylic acid groups (broad SMARTS) is 4. The molecule has 4 aromatic carbocycles. The molecule has 3 N–H and O–H groups in total. The Hall–Kier alpha value is -7.83. The number of H-pyrrole nitrogens is 1. The minimum atomic E-state index is -1.33. The van der Waals surface area contributed by atoms with Crippen molar-refractivity contribution < 1.29 is 56.7 Å². The molecule has 0 atom stereocenters. The summed E-state index contributed by atoms with van der Waals surface area (Å²) >= 11 is 0. The summed E-state index contributed by atoms with van der Waals surface area (Å²) in [6, 6.07) is 32.7. The molecule has 1 radical (unpaired) electrons. The number of hydrogen-bond donors (Lipinski definition) is 3. The number of rotatable bonds is 8. The van der Waals surface area contributed by atoms with Crippen molar-refractivity contribution in [3.8, 4) is 44.5 Å². The van der Waals surface area contributed by atoms with E-state index >= 15 is 0 Å². The molecule has 0 saturated carbocycles. The topological polar surface area (TPSA) is 211 Å². The molecule has 7 aromatic rings. The zero-order chi connectivity index (χ0) is 41.7. The summed E-state index contributed by atoms with van der Waals surface area (Å²) in [7, 11) is 0. The van der Waals surface area contributed by atoms with E-state index in [1.54, 1.807) is 48.5 Å². The second-order valence-electron chi connectivity index (χ2n) is 13.9. The SMILES string of the molecule is Cl.O=C([O-])c1ccc(-c2c3nc(c(-c4ccc(C(=O)O)cc4)c4nc(c(-c5ccc(C(=O)O)cc5)c5ccc([nH]5)c(-c5ccc(C(=O)[O-])cc5)c5ccc2[n-]5)C=C4)C=C3)cc1.[Fe+3]. The molecule has 62 heavy (non-hydrogen) atoms.